The fourth-order valence-electron chi connectivity index (χ4n) is 2.02. The molecular weight excluding hydrogens is 240 g/mol. The van der Waals surface area contributed by atoms with Crippen LogP contribution in [0, 0.1) is 6.92 Å². The predicted octanol–water partition coefficient (Wildman–Crippen LogP) is 3.51. The molecule has 0 saturated heterocycles. The van der Waals surface area contributed by atoms with Crippen LogP contribution < -0.4 is 5.32 Å². The van der Waals surface area contributed by atoms with Gasteiger partial charge in [0.1, 0.15) is 5.58 Å². The lowest BCUT2D eigenvalue weighted by atomic mass is 10.2. The van der Waals surface area contributed by atoms with Crippen LogP contribution in [0.5, 0.6) is 0 Å². The summed E-state index contributed by atoms with van der Waals surface area (Å²) in [5.41, 5.74) is 2.08. The van der Waals surface area contributed by atoms with E-state index in [0.717, 1.165) is 23.3 Å². The summed E-state index contributed by atoms with van der Waals surface area (Å²) in [6.45, 7) is 5.64. The van der Waals surface area contributed by atoms with E-state index in [-0.39, 0.29) is 0 Å². The zero-order valence-electron chi connectivity index (χ0n) is 11.1. The van der Waals surface area contributed by atoms with E-state index < -0.39 is 0 Å². The third-order valence-corrected chi connectivity index (χ3v) is 2.99. The van der Waals surface area contributed by atoms with Crippen LogP contribution in [0.2, 0.25) is 0 Å². The second-order valence-corrected chi connectivity index (χ2v) is 4.55. The first-order valence-electron chi connectivity index (χ1n) is 6.42. The summed E-state index contributed by atoms with van der Waals surface area (Å²) >= 11 is 0. The van der Waals surface area contributed by atoms with Crippen LogP contribution in [0.3, 0.4) is 0 Å². The van der Waals surface area contributed by atoms with E-state index in [9.17, 15) is 0 Å². The number of furan rings is 1. The molecule has 3 aromatic rings. The molecular formula is C15H16N2O2. The number of benzene rings is 1. The van der Waals surface area contributed by atoms with E-state index in [0.29, 0.717) is 18.2 Å². The van der Waals surface area contributed by atoms with E-state index in [4.69, 9.17) is 8.83 Å². The lowest BCUT2D eigenvalue weighted by Gasteiger charge is -1.94. The Morgan fingerprint density at radius 3 is 2.89 bits per heavy atom. The summed E-state index contributed by atoms with van der Waals surface area (Å²) in [4.78, 5) is 4.23. The lowest BCUT2D eigenvalue weighted by molar-refractivity contribution is 0.469. The Kier molecular flexibility index (Phi) is 3.09. The highest BCUT2D eigenvalue weighted by Crippen LogP contribution is 2.28. The molecule has 4 nitrogen and oxygen atoms in total. The van der Waals surface area contributed by atoms with Crippen molar-refractivity contribution < 1.29 is 8.83 Å². The number of nitrogens with zero attached hydrogens (tertiary/aromatic N) is 1. The maximum Gasteiger partial charge on any atom is 0.209 e. The number of aromatic nitrogens is 1. The van der Waals surface area contributed by atoms with Gasteiger partial charge in [0, 0.05) is 5.39 Å². The highest BCUT2D eigenvalue weighted by atomic mass is 16.4. The van der Waals surface area contributed by atoms with Crippen molar-refractivity contribution in [1.82, 2.24) is 10.3 Å². The number of rotatable bonds is 4. The van der Waals surface area contributed by atoms with Gasteiger partial charge in [-0.1, -0.05) is 18.6 Å². The molecule has 0 amide bonds. The Hall–Kier alpha value is -2.07. The largest absolute Gasteiger partial charge is 0.453 e. The molecule has 0 atom stereocenters. The summed E-state index contributed by atoms with van der Waals surface area (Å²) in [6.07, 6.45) is 1.71. The van der Waals surface area contributed by atoms with Crippen molar-refractivity contribution in [3.63, 3.8) is 0 Å². The first-order valence-corrected chi connectivity index (χ1v) is 6.42. The highest BCUT2D eigenvalue weighted by molar-refractivity contribution is 5.82. The maximum atomic E-state index is 5.77. The van der Waals surface area contributed by atoms with Crippen LogP contribution in [-0.4, -0.2) is 11.5 Å². The maximum absolute atomic E-state index is 5.77. The van der Waals surface area contributed by atoms with Crippen LogP contribution in [0.4, 0.5) is 0 Å². The zero-order chi connectivity index (χ0) is 13.2. The number of aryl methyl sites for hydroxylation is 1. The Balaban J connectivity index is 1.92. The Morgan fingerprint density at radius 2 is 2.05 bits per heavy atom. The van der Waals surface area contributed by atoms with Crippen molar-refractivity contribution >= 4 is 11.0 Å². The first kappa shape index (κ1) is 12.0. The van der Waals surface area contributed by atoms with Crippen molar-refractivity contribution in [3.05, 3.63) is 41.9 Å². The van der Waals surface area contributed by atoms with Gasteiger partial charge in [0.25, 0.3) is 0 Å². The molecule has 2 aromatic heterocycles. The van der Waals surface area contributed by atoms with Crippen molar-refractivity contribution in [3.8, 4) is 11.5 Å². The quantitative estimate of drug-likeness (QED) is 0.776. The van der Waals surface area contributed by atoms with Crippen LogP contribution in [0.15, 0.2) is 39.3 Å². The van der Waals surface area contributed by atoms with Crippen LogP contribution in [-0.2, 0) is 6.54 Å². The van der Waals surface area contributed by atoms with Crippen LogP contribution in [0.1, 0.15) is 18.4 Å². The Morgan fingerprint density at radius 1 is 1.16 bits per heavy atom. The molecule has 4 heteroatoms. The molecule has 0 radical (unpaired) electrons. The van der Waals surface area contributed by atoms with E-state index in [1.165, 1.54) is 5.56 Å². The fourth-order valence-corrected chi connectivity index (χ4v) is 2.02. The Bertz CT molecular complexity index is 697. The minimum Gasteiger partial charge on any atom is -0.453 e. The number of hydrogen-bond acceptors (Lipinski definition) is 4. The van der Waals surface area contributed by atoms with Gasteiger partial charge in [0.15, 0.2) is 11.5 Å². The number of fused-ring (bicyclic) bond motifs is 1. The normalized spacial score (nSPS) is 11.3. The molecule has 0 unspecified atom stereocenters. The third kappa shape index (κ3) is 2.39. The van der Waals surface area contributed by atoms with Gasteiger partial charge in [0.05, 0.1) is 12.7 Å². The molecule has 0 aliphatic heterocycles. The molecule has 0 aliphatic rings. The zero-order valence-corrected chi connectivity index (χ0v) is 11.1. The lowest BCUT2D eigenvalue weighted by Crippen LogP contribution is -2.11. The molecule has 2 heterocycles. The van der Waals surface area contributed by atoms with Gasteiger partial charge in [-0.15, -0.1) is 0 Å². The predicted molar refractivity (Wildman–Crippen MR) is 73.8 cm³/mol. The van der Waals surface area contributed by atoms with Crippen LogP contribution in [0.25, 0.3) is 22.5 Å². The van der Waals surface area contributed by atoms with E-state index in [1.807, 2.05) is 25.1 Å². The van der Waals surface area contributed by atoms with Crippen LogP contribution >= 0.6 is 0 Å². The number of nitrogens with one attached hydrogen (secondary N) is 1. The number of hydrogen-bond donors (Lipinski definition) is 1. The van der Waals surface area contributed by atoms with Gasteiger partial charge in [-0.05, 0) is 31.7 Å². The molecule has 19 heavy (non-hydrogen) atoms. The van der Waals surface area contributed by atoms with Gasteiger partial charge in [-0.25, -0.2) is 4.98 Å². The van der Waals surface area contributed by atoms with Crippen molar-refractivity contribution in [1.29, 1.82) is 0 Å². The monoisotopic (exact) mass is 256 g/mol. The summed E-state index contributed by atoms with van der Waals surface area (Å²) in [6, 6.07) is 8.09. The summed E-state index contributed by atoms with van der Waals surface area (Å²) < 4.78 is 11.4. The Labute approximate surface area is 111 Å². The SMILES string of the molecule is CCNCc1ncc(-c2cc3cc(C)ccc3o2)o1. The third-order valence-electron chi connectivity index (χ3n) is 2.99. The van der Waals surface area contributed by atoms with E-state index in [2.05, 4.69) is 23.3 Å². The van der Waals surface area contributed by atoms with Crippen molar-refractivity contribution in [2.24, 2.45) is 0 Å². The van der Waals surface area contributed by atoms with Crippen molar-refractivity contribution in [2.75, 3.05) is 6.54 Å². The molecule has 0 bridgehead atoms. The fraction of sp³-hybridized carbons (Fsp3) is 0.267. The average Bonchev–Trinajstić information content (AvgIpc) is 3.01. The van der Waals surface area contributed by atoms with Crippen molar-refractivity contribution in [2.45, 2.75) is 20.4 Å². The van der Waals surface area contributed by atoms with E-state index >= 15 is 0 Å². The smallest absolute Gasteiger partial charge is 0.209 e. The average molecular weight is 256 g/mol. The second-order valence-electron chi connectivity index (χ2n) is 4.55. The molecule has 0 spiro atoms. The van der Waals surface area contributed by atoms with Gasteiger partial charge in [-0.3, -0.25) is 0 Å². The van der Waals surface area contributed by atoms with Gasteiger partial charge >= 0.3 is 0 Å². The second kappa shape index (κ2) is 4.90. The molecule has 0 aliphatic carbocycles. The van der Waals surface area contributed by atoms with Gasteiger partial charge in [0.2, 0.25) is 5.89 Å². The molecule has 1 aromatic carbocycles. The van der Waals surface area contributed by atoms with Gasteiger partial charge in [-0.2, -0.15) is 0 Å². The molecule has 98 valence electrons. The topological polar surface area (TPSA) is 51.2 Å². The summed E-state index contributed by atoms with van der Waals surface area (Å²) in [5.74, 6) is 2.06. The molecule has 1 N–H and O–H groups in total. The summed E-state index contributed by atoms with van der Waals surface area (Å²) in [5, 5.41) is 4.26. The standard InChI is InChI=1S/C15H16N2O2/c1-3-16-9-15-17-8-14(19-15)13-7-11-6-10(2)4-5-12(11)18-13/h4-8,16H,3,9H2,1-2H3. The molecule has 3 rings (SSSR count). The minimum atomic E-state index is 0.635. The molecule has 0 saturated carbocycles. The highest BCUT2D eigenvalue weighted by Gasteiger charge is 2.11. The van der Waals surface area contributed by atoms with Gasteiger partial charge < -0.3 is 14.2 Å². The first-order chi connectivity index (χ1) is 9.26. The molecule has 0 fully saturated rings. The minimum absolute atomic E-state index is 0.635. The summed E-state index contributed by atoms with van der Waals surface area (Å²) in [7, 11) is 0. The van der Waals surface area contributed by atoms with E-state index in [1.54, 1.807) is 6.20 Å². The number of oxazole rings is 1.